The van der Waals surface area contributed by atoms with Crippen molar-refractivity contribution in [2.75, 3.05) is 20.1 Å². The smallest absolute Gasteiger partial charge is 0.148 e. The van der Waals surface area contributed by atoms with Gasteiger partial charge in [0.2, 0.25) is 0 Å². The fraction of sp³-hybridized carbons (Fsp3) is 1.00. The fourth-order valence-electron chi connectivity index (χ4n) is 0.929. The summed E-state index contributed by atoms with van der Waals surface area (Å²) in [7, 11) is 0. The molecule has 0 aromatic heterocycles. The molecule has 10 heavy (non-hydrogen) atoms. The Bertz CT molecular complexity index is 87.6. The van der Waals surface area contributed by atoms with Crippen molar-refractivity contribution in [2.24, 2.45) is 5.92 Å². The van der Waals surface area contributed by atoms with Gasteiger partial charge in [-0.2, -0.15) is 0 Å². The molecule has 0 radical (unpaired) electrons. The summed E-state index contributed by atoms with van der Waals surface area (Å²) in [6.07, 6.45) is 0. The van der Waals surface area contributed by atoms with Crippen LogP contribution < -0.4 is 5.32 Å². The van der Waals surface area contributed by atoms with Crippen molar-refractivity contribution in [1.29, 1.82) is 0 Å². The van der Waals surface area contributed by atoms with Crippen LogP contribution in [0.1, 0.15) is 13.8 Å². The lowest BCUT2D eigenvalue weighted by molar-refractivity contribution is -0.0352. The first-order valence-corrected chi connectivity index (χ1v) is 3.69. The maximum Gasteiger partial charge on any atom is 0.148 e. The molecule has 3 heteroatoms. The highest BCUT2D eigenvalue weighted by Crippen LogP contribution is 2.03. The van der Waals surface area contributed by atoms with E-state index < -0.39 is 0 Å². The van der Waals surface area contributed by atoms with E-state index in [0.29, 0.717) is 25.5 Å². The van der Waals surface area contributed by atoms with Gasteiger partial charge in [0, 0.05) is 6.04 Å². The Morgan fingerprint density at radius 3 is 2.90 bits per heavy atom. The van der Waals surface area contributed by atoms with Gasteiger partial charge < -0.3 is 9.47 Å². The molecule has 0 amide bonds. The van der Waals surface area contributed by atoms with Crippen molar-refractivity contribution in [1.82, 2.24) is 5.32 Å². The second-order valence-electron chi connectivity index (χ2n) is 2.89. The Balaban J connectivity index is 2.28. The van der Waals surface area contributed by atoms with Gasteiger partial charge in [-0.25, -0.2) is 0 Å². The number of hydrogen-bond acceptors (Lipinski definition) is 3. The molecule has 0 spiro atoms. The van der Waals surface area contributed by atoms with E-state index >= 15 is 0 Å². The third kappa shape index (κ3) is 2.25. The second-order valence-corrected chi connectivity index (χ2v) is 2.89. The summed E-state index contributed by atoms with van der Waals surface area (Å²) in [5, 5.41) is 3.23. The number of ether oxygens (including phenoxy) is 2. The summed E-state index contributed by atoms with van der Waals surface area (Å²) in [4.78, 5) is 0. The lowest BCUT2D eigenvalue weighted by atomic mass is 10.1. The first-order valence-electron chi connectivity index (χ1n) is 3.69. The molecule has 3 nitrogen and oxygen atoms in total. The van der Waals surface area contributed by atoms with Crippen LogP contribution >= 0.6 is 0 Å². The molecular formula is C7H15NO2. The maximum atomic E-state index is 5.18. The van der Waals surface area contributed by atoms with E-state index in [9.17, 15) is 0 Å². The van der Waals surface area contributed by atoms with Crippen LogP contribution in [0.3, 0.4) is 0 Å². The molecule has 1 aliphatic heterocycles. The Morgan fingerprint density at radius 2 is 2.20 bits per heavy atom. The van der Waals surface area contributed by atoms with Crippen molar-refractivity contribution < 1.29 is 9.47 Å². The standard InChI is InChI=1S/C7H15NO2/c1-6(2)7-3-9-5-10-4-8-7/h6-8H,3-5H2,1-2H3. The van der Waals surface area contributed by atoms with Gasteiger partial charge in [-0.3, -0.25) is 5.32 Å². The minimum absolute atomic E-state index is 0.427. The van der Waals surface area contributed by atoms with E-state index in [4.69, 9.17) is 9.47 Å². The Labute approximate surface area is 61.7 Å². The van der Waals surface area contributed by atoms with E-state index in [-0.39, 0.29) is 0 Å². The largest absolute Gasteiger partial charge is 0.354 e. The topological polar surface area (TPSA) is 30.5 Å². The molecule has 60 valence electrons. The second kappa shape index (κ2) is 3.91. The van der Waals surface area contributed by atoms with Gasteiger partial charge in [0.25, 0.3) is 0 Å². The normalized spacial score (nSPS) is 28.5. The molecule has 1 rings (SSSR count). The van der Waals surface area contributed by atoms with Crippen LogP contribution in [0.2, 0.25) is 0 Å². The molecule has 0 aliphatic carbocycles. The molecule has 1 fully saturated rings. The van der Waals surface area contributed by atoms with Crippen LogP contribution in [0.15, 0.2) is 0 Å². The van der Waals surface area contributed by atoms with Crippen LogP contribution in [0, 0.1) is 5.92 Å². The van der Waals surface area contributed by atoms with Gasteiger partial charge in [0.15, 0.2) is 0 Å². The van der Waals surface area contributed by atoms with Gasteiger partial charge in [0.1, 0.15) is 6.79 Å². The van der Waals surface area contributed by atoms with Crippen LogP contribution in [0.4, 0.5) is 0 Å². The quantitative estimate of drug-likeness (QED) is 0.585. The molecule has 0 aromatic carbocycles. The van der Waals surface area contributed by atoms with Gasteiger partial charge in [-0.05, 0) is 5.92 Å². The average molecular weight is 145 g/mol. The molecule has 1 atom stereocenters. The minimum Gasteiger partial charge on any atom is -0.354 e. The van der Waals surface area contributed by atoms with Gasteiger partial charge in [-0.15, -0.1) is 0 Å². The van der Waals surface area contributed by atoms with Gasteiger partial charge >= 0.3 is 0 Å². The predicted octanol–water partition coefficient (Wildman–Crippen LogP) is 0.562. The highest BCUT2D eigenvalue weighted by Gasteiger charge is 2.14. The summed E-state index contributed by atoms with van der Waals surface area (Å²) >= 11 is 0. The predicted molar refractivity (Wildman–Crippen MR) is 38.5 cm³/mol. The molecule has 0 aromatic rings. The van der Waals surface area contributed by atoms with E-state index in [1.807, 2.05) is 0 Å². The first kappa shape index (κ1) is 7.98. The van der Waals surface area contributed by atoms with Crippen LogP contribution in [0.25, 0.3) is 0 Å². The summed E-state index contributed by atoms with van der Waals surface area (Å²) in [5.41, 5.74) is 0. The van der Waals surface area contributed by atoms with Crippen LogP contribution in [-0.4, -0.2) is 26.2 Å². The molecule has 1 aliphatic rings. The summed E-state index contributed by atoms with van der Waals surface area (Å²) in [5.74, 6) is 0.613. The monoisotopic (exact) mass is 145 g/mol. The van der Waals surface area contributed by atoms with Crippen LogP contribution in [0.5, 0.6) is 0 Å². The van der Waals surface area contributed by atoms with E-state index in [2.05, 4.69) is 19.2 Å². The van der Waals surface area contributed by atoms with Crippen LogP contribution in [-0.2, 0) is 9.47 Å². The van der Waals surface area contributed by atoms with Crippen molar-refractivity contribution >= 4 is 0 Å². The van der Waals surface area contributed by atoms with E-state index in [0.717, 1.165) is 6.61 Å². The Morgan fingerprint density at radius 1 is 1.40 bits per heavy atom. The number of nitrogens with one attached hydrogen (secondary N) is 1. The van der Waals surface area contributed by atoms with E-state index in [1.54, 1.807) is 0 Å². The lowest BCUT2D eigenvalue weighted by Gasteiger charge is -2.17. The molecule has 1 heterocycles. The third-order valence-electron chi connectivity index (χ3n) is 1.72. The number of hydrogen-bond donors (Lipinski definition) is 1. The zero-order chi connectivity index (χ0) is 7.40. The first-order chi connectivity index (χ1) is 4.80. The summed E-state index contributed by atoms with van der Waals surface area (Å²) in [6, 6.07) is 0.447. The fourth-order valence-corrected chi connectivity index (χ4v) is 0.929. The highest BCUT2D eigenvalue weighted by molar-refractivity contribution is 4.68. The molecule has 0 saturated carbocycles. The lowest BCUT2D eigenvalue weighted by Crippen LogP contribution is -2.36. The van der Waals surface area contributed by atoms with Crippen molar-refractivity contribution in [3.63, 3.8) is 0 Å². The van der Waals surface area contributed by atoms with Gasteiger partial charge in [0.05, 0.1) is 13.3 Å². The Hall–Kier alpha value is -0.120. The van der Waals surface area contributed by atoms with Crippen molar-refractivity contribution in [3.8, 4) is 0 Å². The maximum absolute atomic E-state index is 5.18. The molecule has 1 N–H and O–H groups in total. The molecular weight excluding hydrogens is 130 g/mol. The Kier molecular flexibility index (Phi) is 3.12. The summed E-state index contributed by atoms with van der Waals surface area (Å²) in [6.45, 7) is 6.15. The minimum atomic E-state index is 0.427. The molecule has 1 unspecified atom stereocenters. The van der Waals surface area contributed by atoms with E-state index in [1.165, 1.54) is 0 Å². The summed E-state index contributed by atoms with van der Waals surface area (Å²) < 4.78 is 10.2. The van der Waals surface area contributed by atoms with Gasteiger partial charge in [-0.1, -0.05) is 13.8 Å². The van der Waals surface area contributed by atoms with Crippen molar-refractivity contribution in [3.05, 3.63) is 0 Å². The number of rotatable bonds is 1. The molecule has 1 saturated heterocycles. The third-order valence-corrected chi connectivity index (χ3v) is 1.72. The highest BCUT2D eigenvalue weighted by atomic mass is 16.7. The zero-order valence-electron chi connectivity index (χ0n) is 6.59. The average Bonchev–Trinajstić information content (AvgIpc) is 2.12. The zero-order valence-corrected chi connectivity index (χ0v) is 6.59. The molecule has 0 bridgehead atoms. The SMILES string of the molecule is CC(C)C1COCOCN1. The van der Waals surface area contributed by atoms with Crippen molar-refractivity contribution in [2.45, 2.75) is 19.9 Å².